The SMILES string of the molecule is CNC1CCCc2sc(N(C)CC(C)(C)C)nc21. The summed E-state index contributed by atoms with van der Waals surface area (Å²) in [4.78, 5) is 8.65. The van der Waals surface area contributed by atoms with Gasteiger partial charge in [0.1, 0.15) is 0 Å². The van der Waals surface area contributed by atoms with Crippen LogP contribution in [0.2, 0.25) is 0 Å². The van der Waals surface area contributed by atoms with Crippen molar-refractivity contribution in [2.75, 3.05) is 25.5 Å². The first-order valence-corrected chi connectivity index (χ1v) is 7.60. The monoisotopic (exact) mass is 267 g/mol. The molecule has 0 fully saturated rings. The van der Waals surface area contributed by atoms with Crippen LogP contribution in [0, 0.1) is 5.41 Å². The summed E-state index contributed by atoms with van der Waals surface area (Å²) >= 11 is 1.88. The maximum absolute atomic E-state index is 4.87. The number of aromatic nitrogens is 1. The molecule has 1 heterocycles. The smallest absolute Gasteiger partial charge is 0.185 e. The van der Waals surface area contributed by atoms with Crippen molar-refractivity contribution >= 4 is 16.5 Å². The summed E-state index contributed by atoms with van der Waals surface area (Å²) in [6.07, 6.45) is 3.70. The molecule has 1 atom stereocenters. The zero-order valence-corrected chi connectivity index (χ0v) is 13.0. The highest BCUT2D eigenvalue weighted by molar-refractivity contribution is 7.15. The molecular weight excluding hydrogens is 242 g/mol. The second-order valence-electron chi connectivity index (χ2n) is 6.46. The maximum atomic E-state index is 4.87. The Labute approximate surface area is 115 Å². The van der Waals surface area contributed by atoms with Crippen LogP contribution in [0.3, 0.4) is 0 Å². The van der Waals surface area contributed by atoms with Crippen molar-refractivity contribution in [1.29, 1.82) is 0 Å². The molecule has 4 heteroatoms. The Kier molecular flexibility index (Phi) is 3.97. The van der Waals surface area contributed by atoms with Crippen LogP contribution in [0.5, 0.6) is 0 Å². The largest absolute Gasteiger partial charge is 0.351 e. The normalized spacial score (nSPS) is 19.7. The molecule has 0 amide bonds. The van der Waals surface area contributed by atoms with Crippen molar-refractivity contribution in [2.24, 2.45) is 5.41 Å². The predicted octanol–water partition coefficient (Wildman–Crippen LogP) is 3.22. The van der Waals surface area contributed by atoms with E-state index in [1.807, 2.05) is 18.4 Å². The van der Waals surface area contributed by atoms with Gasteiger partial charge in [0.15, 0.2) is 5.13 Å². The minimum Gasteiger partial charge on any atom is -0.351 e. The van der Waals surface area contributed by atoms with E-state index in [1.165, 1.54) is 35.0 Å². The van der Waals surface area contributed by atoms with Crippen LogP contribution < -0.4 is 10.2 Å². The molecule has 1 N–H and O–H groups in total. The van der Waals surface area contributed by atoms with Crippen molar-refractivity contribution in [3.05, 3.63) is 10.6 Å². The van der Waals surface area contributed by atoms with Gasteiger partial charge in [-0.15, -0.1) is 11.3 Å². The van der Waals surface area contributed by atoms with Gasteiger partial charge in [0, 0.05) is 18.5 Å². The molecule has 0 bridgehead atoms. The van der Waals surface area contributed by atoms with Gasteiger partial charge in [-0.3, -0.25) is 0 Å². The Morgan fingerprint density at radius 3 is 2.78 bits per heavy atom. The molecule has 0 spiro atoms. The van der Waals surface area contributed by atoms with Crippen LogP contribution in [-0.4, -0.2) is 25.6 Å². The lowest BCUT2D eigenvalue weighted by atomic mass is 9.96. The fraction of sp³-hybridized carbons (Fsp3) is 0.786. The van der Waals surface area contributed by atoms with Crippen LogP contribution in [0.15, 0.2) is 0 Å². The standard InChI is InChI=1S/C14H25N3S/c1-14(2,3)9-17(5)13-16-12-10(15-4)7-6-8-11(12)18-13/h10,15H,6-9H2,1-5H3. The van der Waals surface area contributed by atoms with Crippen LogP contribution in [0.4, 0.5) is 5.13 Å². The van der Waals surface area contributed by atoms with Gasteiger partial charge in [0.25, 0.3) is 0 Å². The molecule has 0 saturated heterocycles. The van der Waals surface area contributed by atoms with Gasteiger partial charge in [-0.25, -0.2) is 4.98 Å². The summed E-state index contributed by atoms with van der Waals surface area (Å²) in [5, 5.41) is 4.56. The van der Waals surface area contributed by atoms with Crippen molar-refractivity contribution in [2.45, 2.75) is 46.1 Å². The van der Waals surface area contributed by atoms with Crippen LogP contribution in [-0.2, 0) is 6.42 Å². The molecule has 1 aromatic heterocycles. The lowest BCUT2D eigenvalue weighted by Gasteiger charge is -2.26. The summed E-state index contributed by atoms with van der Waals surface area (Å²) < 4.78 is 0. The summed E-state index contributed by atoms with van der Waals surface area (Å²) in [7, 11) is 4.20. The molecule has 1 aliphatic carbocycles. The zero-order chi connectivity index (χ0) is 13.3. The summed E-state index contributed by atoms with van der Waals surface area (Å²) in [6.45, 7) is 7.86. The van der Waals surface area contributed by atoms with Crippen LogP contribution in [0.1, 0.15) is 50.2 Å². The van der Waals surface area contributed by atoms with E-state index in [0.29, 0.717) is 11.5 Å². The number of hydrogen-bond donors (Lipinski definition) is 1. The first-order valence-electron chi connectivity index (χ1n) is 6.79. The summed E-state index contributed by atoms with van der Waals surface area (Å²) in [5.74, 6) is 0. The van der Waals surface area contributed by atoms with Gasteiger partial charge in [-0.05, 0) is 31.7 Å². The van der Waals surface area contributed by atoms with Gasteiger partial charge >= 0.3 is 0 Å². The lowest BCUT2D eigenvalue weighted by molar-refractivity contribution is 0.418. The molecule has 0 aliphatic heterocycles. The molecule has 102 valence electrons. The van der Waals surface area contributed by atoms with E-state index in [0.717, 1.165) is 6.54 Å². The quantitative estimate of drug-likeness (QED) is 0.911. The van der Waals surface area contributed by atoms with Gasteiger partial charge in [0.05, 0.1) is 11.7 Å². The van der Waals surface area contributed by atoms with Crippen molar-refractivity contribution in [3.8, 4) is 0 Å². The maximum Gasteiger partial charge on any atom is 0.185 e. The lowest BCUT2D eigenvalue weighted by Crippen LogP contribution is -2.29. The number of aryl methyl sites for hydroxylation is 1. The highest BCUT2D eigenvalue weighted by Gasteiger charge is 2.25. The Balaban J connectivity index is 2.18. The highest BCUT2D eigenvalue weighted by Crippen LogP contribution is 2.36. The summed E-state index contributed by atoms with van der Waals surface area (Å²) in [6, 6.07) is 0.460. The number of nitrogens with one attached hydrogen (secondary N) is 1. The van der Waals surface area contributed by atoms with Gasteiger partial charge in [-0.2, -0.15) is 0 Å². The topological polar surface area (TPSA) is 28.2 Å². The third kappa shape index (κ3) is 3.04. The third-order valence-corrected chi connectivity index (χ3v) is 4.57. The van der Waals surface area contributed by atoms with E-state index in [4.69, 9.17) is 4.98 Å². The van der Waals surface area contributed by atoms with E-state index in [-0.39, 0.29) is 0 Å². The molecule has 0 saturated carbocycles. The number of hydrogen-bond acceptors (Lipinski definition) is 4. The molecule has 3 nitrogen and oxygen atoms in total. The first kappa shape index (κ1) is 13.8. The second-order valence-corrected chi connectivity index (χ2v) is 7.52. The Bertz CT molecular complexity index is 406. The number of fused-ring (bicyclic) bond motifs is 1. The second kappa shape index (κ2) is 5.17. The van der Waals surface area contributed by atoms with E-state index >= 15 is 0 Å². The number of thiazole rings is 1. The van der Waals surface area contributed by atoms with E-state index in [2.05, 4.69) is 38.0 Å². The average Bonchev–Trinajstić information content (AvgIpc) is 2.70. The Hall–Kier alpha value is -0.610. The average molecular weight is 267 g/mol. The minimum absolute atomic E-state index is 0.309. The fourth-order valence-electron chi connectivity index (χ4n) is 2.63. The Morgan fingerprint density at radius 1 is 1.44 bits per heavy atom. The molecule has 2 rings (SSSR count). The summed E-state index contributed by atoms with van der Waals surface area (Å²) in [5.41, 5.74) is 1.60. The zero-order valence-electron chi connectivity index (χ0n) is 12.2. The molecular formula is C14H25N3S. The number of anilines is 1. The van der Waals surface area contributed by atoms with Gasteiger partial charge < -0.3 is 10.2 Å². The fourth-order valence-corrected chi connectivity index (χ4v) is 3.75. The van der Waals surface area contributed by atoms with Crippen molar-refractivity contribution in [3.63, 3.8) is 0 Å². The van der Waals surface area contributed by atoms with E-state index in [9.17, 15) is 0 Å². The highest BCUT2D eigenvalue weighted by atomic mass is 32.1. The third-order valence-electron chi connectivity index (χ3n) is 3.33. The minimum atomic E-state index is 0.309. The molecule has 1 aliphatic rings. The number of rotatable bonds is 3. The molecule has 1 aromatic rings. The van der Waals surface area contributed by atoms with Gasteiger partial charge in [0.2, 0.25) is 0 Å². The molecule has 1 unspecified atom stereocenters. The molecule has 0 radical (unpaired) electrons. The Morgan fingerprint density at radius 2 is 2.17 bits per heavy atom. The van der Waals surface area contributed by atoms with Gasteiger partial charge in [-0.1, -0.05) is 20.8 Å². The number of nitrogens with zero attached hydrogens (tertiary/aromatic N) is 2. The molecule has 18 heavy (non-hydrogen) atoms. The van der Waals surface area contributed by atoms with Crippen LogP contribution in [0.25, 0.3) is 0 Å². The molecule has 0 aromatic carbocycles. The van der Waals surface area contributed by atoms with E-state index < -0.39 is 0 Å². The predicted molar refractivity (Wildman–Crippen MR) is 79.6 cm³/mol. The van der Waals surface area contributed by atoms with E-state index in [1.54, 1.807) is 0 Å². The van der Waals surface area contributed by atoms with Crippen molar-refractivity contribution < 1.29 is 0 Å². The van der Waals surface area contributed by atoms with Crippen molar-refractivity contribution in [1.82, 2.24) is 10.3 Å². The van der Waals surface area contributed by atoms with Crippen LogP contribution >= 0.6 is 11.3 Å². The first-order chi connectivity index (χ1) is 8.40.